The van der Waals surface area contributed by atoms with Gasteiger partial charge < -0.3 is 14.6 Å². The number of carbonyl (C=O) groups excluding carboxylic acids is 2. The summed E-state index contributed by atoms with van der Waals surface area (Å²) < 4.78 is 9.37. The predicted octanol–water partition coefficient (Wildman–Crippen LogP) is 4.27. The number of carbonyl (C=O) groups is 2. The van der Waals surface area contributed by atoms with Crippen molar-refractivity contribution in [1.82, 2.24) is 0 Å². The first-order valence-corrected chi connectivity index (χ1v) is 8.56. The number of fused-ring (bicyclic) bond motifs is 1. The standard InChI is InChI=1S/C20H16O5S/c1-24-19(22)15-9-10-16(18(21)17(15)20(23)25-2)26-14-8-7-12-5-3-4-6-13(12)11-14/h3-11,21H,1-2H3. The summed E-state index contributed by atoms with van der Waals surface area (Å²) in [5.41, 5.74) is -0.246. The minimum Gasteiger partial charge on any atom is -0.506 e. The highest BCUT2D eigenvalue weighted by Gasteiger charge is 2.25. The van der Waals surface area contributed by atoms with E-state index in [1.54, 1.807) is 6.07 Å². The molecule has 3 rings (SSSR count). The van der Waals surface area contributed by atoms with Crippen LogP contribution >= 0.6 is 11.8 Å². The molecule has 6 heteroatoms. The maximum absolute atomic E-state index is 12.1. The Kier molecular flexibility index (Phi) is 5.14. The maximum Gasteiger partial charge on any atom is 0.342 e. The Labute approximate surface area is 154 Å². The number of methoxy groups -OCH3 is 2. The Hall–Kier alpha value is -2.99. The highest BCUT2D eigenvalue weighted by molar-refractivity contribution is 7.99. The predicted molar refractivity (Wildman–Crippen MR) is 98.9 cm³/mol. The molecule has 26 heavy (non-hydrogen) atoms. The molecule has 5 nitrogen and oxygen atoms in total. The van der Waals surface area contributed by atoms with Crippen LogP contribution in [-0.2, 0) is 9.47 Å². The molecule has 0 aliphatic rings. The molecule has 0 bridgehead atoms. The quantitative estimate of drug-likeness (QED) is 0.694. The van der Waals surface area contributed by atoms with E-state index in [-0.39, 0.29) is 16.9 Å². The van der Waals surface area contributed by atoms with Gasteiger partial charge in [0.05, 0.1) is 24.7 Å². The fourth-order valence-corrected chi connectivity index (χ4v) is 3.51. The fourth-order valence-electron chi connectivity index (χ4n) is 2.60. The van der Waals surface area contributed by atoms with Crippen LogP contribution in [0.5, 0.6) is 5.75 Å². The van der Waals surface area contributed by atoms with Crippen LogP contribution in [0.3, 0.4) is 0 Å². The van der Waals surface area contributed by atoms with Crippen LogP contribution in [0.2, 0.25) is 0 Å². The molecule has 0 atom stereocenters. The van der Waals surface area contributed by atoms with Gasteiger partial charge in [0.25, 0.3) is 0 Å². The van der Waals surface area contributed by atoms with Gasteiger partial charge in [-0.3, -0.25) is 0 Å². The Morgan fingerprint density at radius 3 is 2.27 bits per heavy atom. The van der Waals surface area contributed by atoms with Crippen molar-refractivity contribution in [1.29, 1.82) is 0 Å². The lowest BCUT2D eigenvalue weighted by Gasteiger charge is -2.12. The van der Waals surface area contributed by atoms with Gasteiger partial charge in [-0.1, -0.05) is 42.1 Å². The molecule has 0 unspecified atom stereocenters. The number of rotatable bonds is 4. The number of phenolic OH excluding ortho intramolecular Hbond substituents is 1. The molecule has 0 radical (unpaired) electrons. The molecule has 132 valence electrons. The third-order valence-electron chi connectivity index (χ3n) is 3.88. The van der Waals surface area contributed by atoms with Crippen molar-refractivity contribution in [2.75, 3.05) is 14.2 Å². The molecule has 0 saturated heterocycles. The molecule has 1 N–H and O–H groups in total. The van der Waals surface area contributed by atoms with Crippen LogP contribution in [-0.4, -0.2) is 31.3 Å². The topological polar surface area (TPSA) is 72.8 Å². The number of ether oxygens (including phenoxy) is 2. The summed E-state index contributed by atoms with van der Waals surface area (Å²) in [5, 5.41) is 12.7. The molecular weight excluding hydrogens is 352 g/mol. The first kappa shape index (κ1) is 17.8. The SMILES string of the molecule is COC(=O)c1ccc(Sc2ccc3ccccc3c2)c(O)c1C(=O)OC. The summed E-state index contributed by atoms with van der Waals surface area (Å²) in [4.78, 5) is 25.3. The summed E-state index contributed by atoms with van der Waals surface area (Å²) in [6.45, 7) is 0. The third-order valence-corrected chi connectivity index (χ3v) is 4.92. The monoisotopic (exact) mass is 368 g/mol. The van der Waals surface area contributed by atoms with Gasteiger partial charge in [-0.05, 0) is 35.0 Å². The summed E-state index contributed by atoms with van der Waals surface area (Å²) in [7, 11) is 2.39. The molecule has 0 spiro atoms. The lowest BCUT2D eigenvalue weighted by atomic mass is 10.1. The van der Waals surface area contributed by atoms with Crippen molar-refractivity contribution in [3.05, 3.63) is 65.7 Å². The largest absolute Gasteiger partial charge is 0.506 e. The van der Waals surface area contributed by atoms with Gasteiger partial charge in [-0.15, -0.1) is 0 Å². The second-order valence-electron chi connectivity index (χ2n) is 5.43. The minimum absolute atomic E-state index is 0.0419. The Morgan fingerprint density at radius 1 is 0.885 bits per heavy atom. The summed E-state index contributed by atoms with van der Waals surface area (Å²) >= 11 is 1.29. The number of benzene rings is 3. The number of hydrogen-bond acceptors (Lipinski definition) is 6. The van der Waals surface area contributed by atoms with Crippen LogP contribution in [0, 0.1) is 0 Å². The van der Waals surface area contributed by atoms with Crippen molar-refractivity contribution < 1.29 is 24.2 Å². The van der Waals surface area contributed by atoms with Crippen LogP contribution in [0.1, 0.15) is 20.7 Å². The van der Waals surface area contributed by atoms with Crippen molar-refractivity contribution in [2.45, 2.75) is 9.79 Å². The number of esters is 2. The summed E-state index contributed by atoms with van der Waals surface area (Å²) in [6, 6.07) is 16.9. The zero-order valence-electron chi connectivity index (χ0n) is 14.2. The van der Waals surface area contributed by atoms with Crippen molar-refractivity contribution in [3.8, 4) is 5.75 Å². The number of hydrogen-bond donors (Lipinski definition) is 1. The molecule has 3 aromatic rings. The molecular formula is C20H16O5S. The zero-order valence-corrected chi connectivity index (χ0v) is 15.0. The van der Waals surface area contributed by atoms with Gasteiger partial charge >= 0.3 is 11.9 Å². The van der Waals surface area contributed by atoms with E-state index in [0.29, 0.717) is 4.90 Å². The van der Waals surface area contributed by atoms with Crippen molar-refractivity contribution in [2.24, 2.45) is 0 Å². The van der Waals surface area contributed by atoms with Crippen LogP contribution in [0.4, 0.5) is 0 Å². The lowest BCUT2D eigenvalue weighted by molar-refractivity contribution is 0.0551. The maximum atomic E-state index is 12.1. The van der Waals surface area contributed by atoms with E-state index in [1.807, 2.05) is 42.5 Å². The first-order valence-electron chi connectivity index (χ1n) is 7.74. The molecule has 0 saturated carbocycles. The average Bonchev–Trinajstić information content (AvgIpc) is 2.68. The van der Waals surface area contributed by atoms with Crippen molar-refractivity contribution >= 4 is 34.5 Å². The van der Waals surface area contributed by atoms with E-state index in [1.165, 1.54) is 32.0 Å². The van der Waals surface area contributed by atoms with Gasteiger partial charge in [-0.25, -0.2) is 9.59 Å². The van der Waals surface area contributed by atoms with Gasteiger partial charge in [0.2, 0.25) is 0 Å². The van der Waals surface area contributed by atoms with Crippen LogP contribution < -0.4 is 0 Å². The smallest absolute Gasteiger partial charge is 0.342 e. The van der Waals surface area contributed by atoms with E-state index < -0.39 is 11.9 Å². The molecule has 3 aromatic carbocycles. The van der Waals surface area contributed by atoms with Gasteiger partial charge in [0.15, 0.2) is 0 Å². The average molecular weight is 368 g/mol. The van der Waals surface area contributed by atoms with E-state index in [0.717, 1.165) is 15.7 Å². The molecule has 0 fully saturated rings. The lowest BCUT2D eigenvalue weighted by Crippen LogP contribution is -2.12. The highest BCUT2D eigenvalue weighted by atomic mass is 32.2. The summed E-state index contributed by atoms with van der Waals surface area (Å²) in [5.74, 6) is -1.83. The highest BCUT2D eigenvalue weighted by Crippen LogP contribution is 2.39. The zero-order chi connectivity index (χ0) is 18.7. The third kappa shape index (κ3) is 3.36. The Morgan fingerprint density at radius 2 is 1.58 bits per heavy atom. The second kappa shape index (κ2) is 7.49. The Bertz CT molecular complexity index is 997. The van der Waals surface area contributed by atoms with Gasteiger partial charge in [0.1, 0.15) is 11.3 Å². The molecule has 0 aliphatic carbocycles. The van der Waals surface area contributed by atoms with E-state index in [9.17, 15) is 14.7 Å². The van der Waals surface area contributed by atoms with Crippen LogP contribution in [0.25, 0.3) is 10.8 Å². The van der Waals surface area contributed by atoms with Gasteiger partial charge in [-0.2, -0.15) is 0 Å². The van der Waals surface area contributed by atoms with E-state index in [4.69, 9.17) is 4.74 Å². The molecule has 0 aromatic heterocycles. The normalized spacial score (nSPS) is 10.5. The molecule has 0 aliphatic heterocycles. The minimum atomic E-state index is -0.802. The number of phenols is 1. The first-order chi connectivity index (χ1) is 12.5. The number of aromatic hydroxyl groups is 1. The summed E-state index contributed by atoms with van der Waals surface area (Å²) in [6.07, 6.45) is 0. The van der Waals surface area contributed by atoms with Gasteiger partial charge in [0, 0.05) is 4.90 Å². The second-order valence-corrected chi connectivity index (χ2v) is 6.54. The van der Waals surface area contributed by atoms with Crippen molar-refractivity contribution in [3.63, 3.8) is 0 Å². The fraction of sp³-hybridized carbons (Fsp3) is 0.100. The van der Waals surface area contributed by atoms with E-state index >= 15 is 0 Å². The van der Waals surface area contributed by atoms with E-state index in [2.05, 4.69) is 4.74 Å². The molecule has 0 heterocycles. The van der Waals surface area contributed by atoms with Crippen LogP contribution in [0.15, 0.2) is 64.4 Å². The Balaban J connectivity index is 2.04. The molecule has 0 amide bonds.